The van der Waals surface area contributed by atoms with Crippen molar-refractivity contribution in [2.24, 2.45) is 0 Å². The van der Waals surface area contributed by atoms with Gasteiger partial charge in [-0.3, -0.25) is 0 Å². The van der Waals surface area contributed by atoms with Crippen LogP contribution in [-0.4, -0.2) is 17.8 Å². The van der Waals surface area contributed by atoms with Crippen LogP contribution in [0.25, 0.3) is 0 Å². The van der Waals surface area contributed by atoms with Crippen LogP contribution in [0, 0.1) is 23.0 Å². The number of benzene rings is 1. The third-order valence-electron chi connectivity index (χ3n) is 3.59. The van der Waals surface area contributed by atoms with Crippen molar-refractivity contribution in [2.75, 3.05) is 7.05 Å². The van der Waals surface area contributed by atoms with E-state index < -0.39 is 17.2 Å². The Morgan fingerprint density at radius 3 is 2.89 bits per heavy atom. The maximum atomic E-state index is 13.6. The number of nitrogens with one attached hydrogen (secondary N) is 1. The summed E-state index contributed by atoms with van der Waals surface area (Å²) < 4.78 is 26.5. The molecule has 5 heteroatoms. The van der Waals surface area contributed by atoms with Gasteiger partial charge in [0, 0.05) is 16.2 Å². The summed E-state index contributed by atoms with van der Waals surface area (Å²) in [6, 6.07) is 5.97. The van der Waals surface area contributed by atoms with Gasteiger partial charge in [-0.1, -0.05) is 0 Å². The number of halogens is 2. The summed E-state index contributed by atoms with van der Waals surface area (Å²) in [4.78, 5) is 0.455. The van der Waals surface area contributed by atoms with Gasteiger partial charge < -0.3 is 5.32 Å². The topological polar surface area (TPSA) is 35.8 Å². The number of hydrogen-bond acceptors (Lipinski definition) is 3. The zero-order chi connectivity index (χ0) is 13.9. The quantitative estimate of drug-likeness (QED) is 0.922. The van der Waals surface area contributed by atoms with Gasteiger partial charge in [0.1, 0.15) is 17.2 Å². The first kappa shape index (κ1) is 14.3. The van der Waals surface area contributed by atoms with E-state index in [1.54, 1.807) is 7.05 Å². The molecule has 1 aromatic rings. The molecule has 2 rings (SSSR count). The van der Waals surface area contributed by atoms with Crippen molar-refractivity contribution in [3.63, 3.8) is 0 Å². The van der Waals surface area contributed by atoms with E-state index >= 15 is 0 Å². The smallest absolute Gasteiger partial charge is 0.139 e. The van der Waals surface area contributed by atoms with Crippen molar-refractivity contribution in [3.05, 3.63) is 29.8 Å². The maximum Gasteiger partial charge on any atom is 0.139 e. The van der Waals surface area contributed by atoms with E-state index in [2.05, 4.69) is 11.4 Å². The molecule has 19 heavy (non-hydrogen) atoms. The summed E-state index contributed by atoms with van der Waals surface area (Å²) in [5.41, 5.74) is -0.508. The van der Waals surface area contributed by atoms with Crippen molar-refractivity contribution in [1.29, 1.82) is 5.26 Å². The van der Waals surface area contributed by atoms with Gasteiger partial charge in [0.05, 0.1) is 6.07 Å². The minimum atomic E-state index is -0.563. The number of nitrogens with zero attached hydrogens (tertiary/aromatic N) is 1. The van der Waals surface area contributed by atoms with Gasteiger partial charge in [-0.15, -0.1) is 11.8 Å². The molecule has 102 valence electrons. The summed E-state index contributed by atoms with van der Waals surface area (Å²) in [6.45, 7) is 0. The molecule has 1 aliphatic carbocycles. The zero-order valence-corrected chi connectivity index (χ0v) is 11.6. The molecule has 0 amide bonds. The number of nitriles is 1. The van der Waals surface area contributed by atoms with Gasteiger partial charge in [0.15, 0.2) is 0 Å². The lowest BCUT2D eigenvalue weighted by Crippen LogP contribution is -2.46. The Morgan fingerprint density at radius 1 is 1.47 bits per heavy atom. The summed E-state index contributed by atoms with van der Waals surface area (Å²) in [6.07, 6.45) is 3.39. The van der Waals surface area contributed by atoms with Crippen LogP contribution in [0.4, 0.5) is 8.78 Å². The second kappa shape index (κ2) is 5.89. The molecule has 0 aromatic heterocycles. The molecule has 0 heterocycles. The lowest BCUT2D eigenvalue weighted by Gasteiger charge is -2.35. The number of hydrogen-bond donors (Lipinski definition) is 1. The molecule has 2 atom stereocenters. The van der Waals surface area contributed by atoms with Crippen molar-refractivity contribution in [3.8, 4) is 6.07 Å². The average Bonchev–Trinajstić information content (AvgIpc) is 2.42. The molecule has 0 radical (unpaired) electrons. The van der Waals surface area contributed by atoms with Crippen LogP contribution in [0.5, 0.6) is 0 Å². The molecule has 0 bridgehead atoms. The van der Waals surface area contributed by atoms with Gasteiger partial charge in [0.25, 0.3) is 0 Å². The fraction of sp³-hybridized carbons (Fsp3) is 0.500. The monoisotopic (exact) mass is 282 g/mol. The van der Waals surface area contributed by atoms with Crippen LogP contribution in [-0.2, 0) is 0 Å². The van der Waals surface area contributed by atoms with Gasteiger partial charge in [-0.2, -0.15) is 5.26 Å². The molecule has 1 aromatic carbocycles. The summed E-state index contributed by atoms with van der Waals surface area (Å²) in [5.74, 6) is -1.09. The SMILES string of the molecule is CNC1(C#N)CCCC(Sc2ccc(F)cc2F)C1. The van der Waals surface area contributed by atoms with Crippen LogP contribution in [0.2, 0.25) is 0 Å². The minimum absolute atomic E-state index is 0.181. The van der Waals surface area contributed by atoms with E-state index in [1.807, 2.05) is 0 Å². The van der Waals surface area contributed by atoms with E-state index in [9.17, 15) is 14.0 Å². The molecule has 0 saturated heterocycles. The van der Waals surface area contributed by atoms with E-state index in [-0.39, 0.29) is 5.25 Å². The van der Waals surface area contributed by atoms with E-state index in [4.69, 9.17) is 0 Å². The summed E-state index contributed by atoms with van der Waals surface area (Å²) in [5, 5.41) is 12.5. The largest absolute Gasteiger partial charge is 0.302 e. The van der Waals surface area contributed by atoms with E-state index in [0.717, 1.165) is 25.3 Å². The molecular formula is C14H16F2N2S. The standard InChI is InChI=1S/C14H16F2N2S/c1-18-14(9-17)6-2-3-11(8-14)19-13-5-4-10(15)7-12(13)16/h4-5,7,11,18H,2-3,6,8H2,1H3. The highest BCUT2D eigenvalue weighted by molar-refractivity contribution is 8.00. The highest BCUT2D eigenvalue weighted by atomic mass is 32.2. The Bertz CT molecular complexity index is 501. The van der Waals surface area contributed by atoms with Crippen LogP contribution in [0.1, 0.15) is 25.7 Å². The second-order valence-corrected chi connectivity index (χ2v) is 6.20. The molecule has 1 saturated carbocycles. The Hall–Kier alpha value is -1.12. The Morgan fingerprint density at radius 2 is 2.26 bits per heavy atom. The fourth-order valence-electron chi connectivity index (χ4n) is 2.46. The predicted octanol–water partition coefficient (Wildman–Crippen LogP) is 3.48. The first-order valence-corrected chi connectivity index (χ1v) is 7.18. The van der Waals surface area contributed by atoms with Gasteiger partial charge in [-0.25, -0.2) is 8.78 Å². The lowest BCUT2D eigenvalue weighted by atomic mass is 9.83. The van der Waals surface area contributed by atoms with Crippen LogP contribution in [0.3, 0.4) is 0 Å². The van der Waals surface area contributed by atoms with Crippen molar-refractivity contribution in [1.82, 2.24) is 5.32 Å². The van der Waals surface area contributed by atoms with Gasteiger partial charge in [-0.05, 0) is 44.9 Å². The molecule has 1 N–H and O–H groups in total. The fourth-order valence-corrected chi connectivity index (χ4v) is 3.79. The summed E-state index contributed by atoms with van der Waals surface area (Å²) >= 11 is 1.40. The first-order chi connectivity index (χ1) is 9.08. The van der Waals surface area contributed by atoms with Crippen molar-refractivity contribution in [2.45, 2.75) is 41.4 Å². The van der Waals surface area contributed by atoms with Crippen LogP contribution >= 0.6 is 11.8 Å². The maximum absolute atomic E-state index is 13.6. The van der Waals surface area contributed by atoms with Crippen molar-refractivity contribution >= 4 is 11.8 Å². The minimum Gasteiger partial charge on any atom is -0.302 e. The summed E-state index contributed by atoms with van der Waals surface area (Å²) in [7, 11) is 1.79. The molecule has 2 unspecified atom stereocenters. The van der Waals surface area contributed by atoms with Crippen molar-refractivity contribution < 1.29 is 8.78 Å². The third kappa shape index (κ3) is 3.26. The Kier molecular flexibility index (Phi) is 4.43. The van der Waals surface area contributed by atoms with E-state index in [1.165, 1.54) is 23.9 Å². The number of rotatable bonds is 3. The second-order valence-electron chi connectivity index (χ2n) is 4.85. The van der Waals surface area contributed by atoms with Gasteiger partial charge in [0.2, 0.25) is 0 Å². The van der Waals surface area contributed by atoms with Gasteiger partial charge >= 0.3 is 0 Å². The normalized spacial score (nSPS) is 26.9. The molecule has 0 aliphatic heterocycles. The molecule has 2 nitrogen and oxygen atoms in total. The average molecular weight is 282 g/mol. The molecular weight excluding hydrogens is 266 g/mol. The third-order valence-corrected chi connectivity index (χ3v) is 4.91. The lowest BCUT2D eigenvalue weighted by molar-refractivity contribution is 0.323. The Balaban J connectivity index is 2.09. The zero-order valence-electron chi connectivity index (χ0n) is 10.7. The molecule has 1 aliphatic rings. The van der Waals surface area contributed by atoms with E-state index in [0.29, 0.717) is 11.3 Å². The number of thioether (sulfide) groups is 1. The molecule has 0 spiro atoms. The predicted molar refractivity (Wildman–Crippen MR) is 71.9 cm³/mol. The molecule has 1 fully saturated rings. The first-order valence-electron chi connectivity index (χ1n) is 6.30. The Labute approximate surface area is 116 Å². The van der Waals surface area contributed by atoms with Crippen LogP contribution < -0.4 is 5.32 Å². The van der Waals surface area contributed by atoms with Crippen LogP contribution in [0.15, 0.2) is 23.1 Å². The highest BCUT2D eigenvalue weighted by Crippen LogP contribution is 2.38. The highest BCUT2D eigenvalue weighted by Gasteiger charge is 2.35.